The number of benzene rings is 3. The number of nitriles is 1. The summed E-state index contributed by atoms with van der Waals surface area (Å²) < 4.78 is 28.1. The summed E-state index contributed by atoms with van der Waals surface area (Å²) in [5, 5.41) is 18.4. The molecule has 0 spiro atoms. The lowest BCUT2D eigenvalue weighted by Gasteiger charge is -2.11. The number of carboxylic acid groups (broad SMARTS) is 1. The molecule has 45 heavy (non-hydrogen) atoms. The third kappa shape index (κ3) is 8.75. The van der Waals surface area contributed by atoms with Gasteiger partial charge in [-0.1, -0.05) is 67.9 Å². The number of fused-ring (bicyclic) bond motifs is 1. The van der Waals surface area contributed by atoms with Crippen LogP contribution < -0.4 is 4.74 Å². The summed E-state index contributed by atoms with van der Waals surface area (Å²) in [5.74, 6) is -0.355. The Morgan fingerprint density at radius 2 is 1.80 bits per heavy atom. The van der Waals surface area contributed by atoms with Crippen LogP contribution in [0.1, 0.15) is 60.6 Å². The zero-order valence-electron chi connectivity index (χ0n) is 26.0. The van der Waals surface area contributed by atoms with Gasteiger partial charge in [0.25, 0.3) is 0 Å². The highest BCUT2D eigenvalue weighted by molar-refractivity contribution is 9.10. The molecule has 0 unspecified atom stereocenters. The number of aromatic carboxylic acids is 1. The first kappa shape index (κ1) is 34.9. The predicted octanol–water partition coefficient (Wildman–Crippen LogP) is 8.44. The first-order valence-electron chi connectivity index (χ1n) is 14.6. The number of imidazole rings is 1. The van der Waals surface area contributed by atoms with E-state index < -0.39 is 11.8 Å². The van der Waals surface area contributed by atoms with Gasteiger partial charge < -0.3 is 19.1 Å². The van der Waals surface area contributed by atoms with Crippen molar-refractivity contribution in [3.63, 3.8) is 0 Å². The summed E-state index contributed by atoms with van der Waals surface area (Å²) in [5.41, 5.74) is 4.77. The van der Waals surface area contributed by atoms with Gasteiger partial charge in [-0.05, 0) is 48.0 Å². The molecule has 5 aromatic rings. The summed E-state index contributed by atoms with van der Waals surface area (Å²) >= 11 is 3.67. The molecule has 0 fully saturated rings. The predicted molar refractivity (Wildman–Crippen MR) is 177 cm³/mol. The van der Waals surface area contributed by atoms with Crippen LogP contribution in [0, 0.1) is 17.1 Å². The van der Waals surface area contributed by atoms with Crippen molar-refractivity contribution in [2.75, 3.05) is 13.7 Å². The molecule has 0 atom stereocenters. The second-order valence-electron chi connectivity index (χ2n) is 9.24. The molecule has 0 amide bonds. The number of halogens is 2. The monoisotopic (exact) mass is 674 g/mol. The van der Waals surface area contributed by atoms with Gasteiger partial charge in [0.05, 0.1) is 40.5 Å². The highest BCUT2D eigenvalue weighted by Crippen LogP contribution is 2.30. The lowest BCUT2D eigenvalue weighted by molar-refractivity contribution is 0.0697. The highest BCUT2D eigenvalue weighted by atomic mass is 79.9. The van der Waals surface area contributed by atoms with E-state index in [1.54, 1.807) is 37.4 Å². The molecule has 0 radical (unpaired) electrons. The number of hydrogen-bond donors (Lipinski definition) is 1. The molecule has 0 aliphatic carbocycles. The molecule has 234 valence electrons. The van der Waals surface area contributed by atoms with Gasteiger partial charge in [-0.2, -0.15) is 5.26 Å². The van der Waals surface area contributed by atoms with Crippen molar-refractivity contribution in [1.29, 1.82) is 5.26 Å². The molecule has 3 aromatic carbocycles. The Kier molecular flexibility index (Phi) is 13.2. The van der Waals surface area contributed by atoms with Crippen molar-refractivity contribution >= 4 is 32.9 Å². The van der Waals surface area contributed by atoms with Crippen LogP contribution in [-0.4, -0.2) is 39.3 Å². The summed E-state index contributed by atoms with van der Waals surface area (Å²) in [6.07, 6.45) is 0.520. The Morgan fingerprint density at radius 3 is 2.47 bits per heavy atom. The quantitative estimate of drug-likeness (QED) is 0.158. The van der Waals surface area contributed by atoms with Gasteiger partial charge in [0.15, 0.2) is 0 Å². The normalized spacial score (nSPS) is 10.3. The zero-order chi connectivity index (χ0) is 32.9. The van der Waals surface area contributed by atoms with Crippen LogP contribution in [0.4, 0.5) is 4.39 Å². The van der Waals surface area contributed by atoms with Gasteiger partial charge in [0.2, 0.25) is 5.88 Å². The van der Waals surface area contributed by atoms with Crippen LogP contribution in [-0.2, 0) is 24.3 Å². The van der Waals surface area contributed by atoms with E-state index in [0.29, 0.717) is 36.7 Å². The van der Waals surface area contributed by atoms with Gasteiger partial charge in [-0.25, -0.2) is 19.2 Å². The van der Waals surface area contributed by atoms with Gasteiger partial charge in [-0.15, -0.1) is 0 Å². The average Bonchev–Trinajstić information content (AvgIpc) is 3.40. The number of pyridine rings is 1. The molecule has 2 aromatic heterocycles. The molecule has 0 saturated heterocycles. The van der Waals surface area contributed by atoms with Crippen LogP contribution in [0.3, 0.4) is 0 Å². The number of methoxy groups -OCH3 is 1. The van der Waals surface area contributed by atoms with E-state index >= 15 is 0 Å². The molecule has 0 aliphatic rings. The second-order valence-corrected chi connectivity index (χ2v) is 10.1. The molecule has 8 nitrogen and oxygen atoms in total. The van der Waals surface area contributed by atoms with E-state index in [1.165, 1.54) is 12.1 Å². The van der Waals surface area contributed by atoms with E-state index in [0.717, 1.165) is 32.5 Å². The number of rotatable bonds is 10. The zero-order valence-corrected chi connectivity index (χ0v) is 27.6. The number of carboxylic acids is 1. The van der Waals surface area contributed by atoms with Crippen molar-refractivity contribution in [2.45, 2.75) is 47.3 Å². The van der Waals surface area contributed by atoms with E-state index in [2.05, 4.69) is 20.9 Å². The van der Waals surface area contributed by atoms with E-state index in [4.69, 9.17) is 19.7 Å². The molecular weight excluding hydrogens is 639 g/mol. The van der Waals surface area contributed by atoms with Gasteiger partial charge in [0, 0.05) is 41.7 Å². The maximum atomic E-state index is 14.2. The van der Waals surface area contributed by atoms with Crippen molar-refractivity contribution in [2.24, 2.45) is 0 Å². The minimum atomic E-state index is -0.989. The number of nitrogens with zero attached hydrogens (tertiary/aromatic N) is 4. The smallest absolute Gasteiger partial charge is 0.335 e. The Balaban J connectivity index is 0.00000133. The fraction of sp³-hybridized carbons (Fsp3) is 0.257. The fourth-order valence-corrected chi connectivity index (χ4v) is 5.09. The number of carbonyl (C=O) groups is 1. The maximum Gasteiger partial charge on any atom is 0.335 e. The molecule has 5 rings (SSSR count). The van der Waals surface area contributed by atoms with Crippen LogP contribution in [0.5, 0.6) is 5.88 Å². The Labute approximate surface area is 271 Å². The fourth-order valence-electron chi connectivity index (χ4n) is 4.46. The second kappa shape index (κ2) is 17.0. The third-order valence-electron chi connectivity index (χ3n) is 6.55. The molecular formula is C35H36BrFN4O4. The maximum absolute atomic E-state index is 14.2. The molecule has 0 saturated carbocycles. The van der Waals surface area contributed by atoms with Crippen LogP contribution in [0.2, 0.25) is 0 Å². The van der Waals surface area contributed by atoms with Crippen molar-refractivity contribution in [3.8, 4) is 23.2 Å². The minimum absolute atomic E-state index is 0.0217. The van der Waals surface area contributed by atoms with Crippen LogP contribution in [0.25, 0.3) is 22.3 Å². The van der Waals surface area contributed by atoms with E-state index in [1.807, 2.05) is 68.7 Å². The number of hydrogen-bond acceptors (Lipinski definition) is 6. The minimum Gasteiger partial charge on any atom is -0.478 e. The largest absolute Gasteiger partial charge is 0.478 e. The topological polar surface area (TPSA) is 110 Å². The van der Waals surface area contributed by atoms with Gasteiger partial charge in [-0.3, -0.25) is 0 Å². The molecule has 1 N–H and O–H groups in total. The molecule has 0 aliphatic heterocycles. The van der Waals surface area contributed by atoms with Crippen LogP contribution >= 0.6 is 15.9 Å². The Morgan fingerprint density at radius 1 is 1.02 bits per heavy atom. The average molecular weight is 676 g/mol. The number of ether oxygens (including phenoxy) is 2. The highest BCUT2D eigenvalue weighted by Gasteiger charge is 2.15. The molecule has 10 heteroatoms. The lowest BCUT2D eigenvalue weighted by Crippen LogP contribution is -2.09. The van der Waals surface area contributed by atoms with Gasteiger partial charge in [0.1, 0.15) is 18.2 Å². The van der Waals surface area contributed by atoms with E-state index in [9.17, 15) is 14.3 Å². The SMILES string of the molecule is CC.CC.COCCn1c(Cc2ccc(-c3cccc(OCc4ccc(C#N)cc4F)n3)c(Br)c2)nc2ccc(C(=O)O)cc21. The van der Waals surface area contributed by atoms with Crippen molar-refractivity contribution in [3.05, 3.63) is 111 Å². The number of aromatic nitrogens is 3. The molecule has 2 heterocycles. The van der Waals surface area contributed by atoms with E-state index in [-0.39, 0.29) is 17.7 Å². The van der Waals surface area contributed by atoms with Crippen LogP contribution in [0.15, 0.2) is 77.3 Å². The first-order chi connectivity index (χ1) is 21.9. The Bertz CT molecular complexity index is 1800. The van der Waals surface area contributed by atoms with Gasteiger partial charge >= 0.3 is 5.97 Å². The summed E-state index contributed by atoms with van der Waals surface area (Å²) in [6.45, 7) is 8.97. The first-order valence-corrected chi connectivity index (χ1v) is 15.4. The summed E-state index contributed by atoms with van der Waals surface area (Å²) in [4.78, 5) is 20.9. The standard InChI is InChI=1S/C31H24BrFN4O4.2C2H6/c1-40-12-11-37-28-16-21(31(38)39)8-10-27(28)35-29(37)15-19-6-9-23(24(32)13-19)26-3-2-4-30(36-26)41-18-22-7-5-20(17-34)14-25(22)33;2*1-2/h2-10,13-14,16H,11-12,15,18H2,1H3,(H,38,39);2*1-2H3. The summed E-state index contributed by atoms with van der Waals surface area (Å²) in [6, 6.07) is 22.4. The van der Waals surface area contributed by atoms with Crippen molar-refractivity contribution < 1.29 is 23.8 Å². The van der Waals surface area contributed by atoms with Crippen molar-refractivity contribution in [1.82, 2.24) is 14.5 Å². The summed E-state index contributed by atoms with van der Waals surface area (Å²) in [7, 11) is 1.62. The lowest BCUT2D eigenvalue weighted by atomic mass is 10.1. The third-order valence-corrected chi connectivity index (χ3v) is 7.20. The molecule has 0 bridgehead atoms. The Hall–Kier alpha value is -4.59.